The first-order valence-electron chi connectivity index (χ1n) is 6.86. The van der Waals surface area contributed by atoms with Gasteiger partial charge in [-0.25, -0.2) is 0 Å². The number of allylic oxidation sites excluding steroid dienone is 4. The molecule has 106 valence electrons. The fourth-order valence-electron chi connectivity index (χ4n) is 1.77. The van der Waals surface area contributed by atoms with Crippen LogP contribution in [0.2, 0.25) is 0 Å². The van der Waals surface area contributed by atoms with Crippen molar-refractivity contribution in [2.75, 3.05) is 6.66 Å². The second-order valence-electron chi connectivity index (χ2n) is 5.17. The van der Waals surface area contributed by atoms with Crippen LogP contribution in [-0.2, 0) is 6.42 Å². The fraction of sp³-hybridized carbons (Fsp3) is 0.533. The van der Waals surface area contributed by atoms with Crippen LogP contribution in [0.15, 0.2) is 28.2 Å². The minimum Gasteiger partial charge on any atom is -0.421 e. The summed E-state index contributed by atoms with van der Waals surface area (Å²) in [6, 6.07) is 0. The van der Waals surface area contributed by atoms with E-state index >= 15 is 0 Å². The van der Waals surface area contributed by atoms with Gasteiger partial charge in [-0.3, -0.25) is 0 Å². The largest absolute Gasteiger partial charge is 0.421 e. The maximum atomic E-state index is 5.56. The van der Waals surface area contributed by atoms with Crippen LogP contribution in [0.1, 0.15) is 39.5 Å². The minimum atomic E-state index is -0.882. The smallest absolute Gasteiger partial charge is 0.233 e. The Labute approximate surface area is 117 Å². The average Bonchev–Trinajstić information content (AvgIpc) is 2.77. The van der Waals surface area contributed by atoms with Gasteiger partial charge < -0.3 is 4.42 Å². The molecular formula is C15H25N2OP. The summed E-state index contributed by atoms with van der Waals surface area (Å²) >= 11 is 0. The summed E-state index contributed by atoms with van der Waals surface area (Å²) in [4.78, 5) is 0. The molecule has 0 bridgehead atoms. The van der Waals surface area contributed by atoms with Crippen LogP contribution in [0.3, 0.4) is 0 Å². The number of rotatable bonds is 7. The number of aromatic nitrogens is 2. The van der Waals surface area contributed by atoms with Gasteiger partial charge in [-0.1, -0.05) is 50.9 Å². The van der Waals surface area contributed by atoms with E-state index in [0.29, 0.717) is 23.9 Å². The Morgan fingerprint density at radius 1 is 1.42 bits per heavy atom. The van der Waals surface area contributed by atoms with Gasteiger partial charge in [-0.05, 0) is 33.0 Å². The Morgan fingerprint density at radius 3 is 2.68 bits per heavy atom. The molecule has 0 aliphatic heterocycles. The van der Waals surface area contributed by atoms with Gasteiger partial charge in [0, 0.05) is 6.42 Å². The van der Waals surface area contributed by atoms with Crippen molar-refractivity contribution in [2.24, 2.45) is 5.92 Å². The Morgan fingerprint density at radius 2 is 2.16 bits per heavy atom. The van der Waals surface area contributed by atoms with Crippen molar-refractivity contribution in [3.63, 3.8) is 0 Å². The third-order valence-electron chi connectivity index (χ3n) is 2.57. The molecule has 1 aromatic rings. The molecule has 1 aromatic heterocycles. The van der Waals surface area contributed by atoms with Crippen molar-refractivity contribution >= 4 is 19.5 Å². The van der Waals surface area contributed by atoms with E-state index in [-0.39, 0.29) is 0 Å². The molecule has 4 heteroatoms. The Bertz CT molecular complexity index is 472. The topological polar surface area (TPSA) is 38.9 Å². The Balaban J connectivity index is 2.59. The first kappa shape index (κ1) is 16.0. The molecule has 0 saturated carbocycles. The van der Waals surface area contributed by atoms with Gasteiger partial charge in [0.1, 0.15) is 0 Å². The molecular weight excluding hydrogens is 255 g/mol. The summed E-state index contributed by atoms with van der Waals surface area (Å²) in [5, 5.41) is 8.06. The van der Waals surface area contributed by atoms with Gasteiger partial charge in [0.05, 0.1) is 0 Å². The summed E-state index contributed by atoms with van der Waals surface area (Å²) in [6.07, 6.45) is 13.4. The van der Waals surface area contributed by atoms with Crippen molar-refractivity contribution in [1.29, 1.82) is 0 Å². The van der Waals surface area contributed by atoms with E-state index in [1.54, 1.807) is 0 Å². The molecule has 0 N–H and O–H groups in total. The molecule has 0 aliphatic rings. The van der Waals surface area contributed by atoms with Gasteiger partial charge >= 0.3 is 0 Å². The van der Waals surface area contributed by atoms with Crippen molar-refractivity contribution < 1.29 is 4.42 Å². The zero-order chi connectivity index (χ0) is 14.3. The minimum absolute atomic E-state index is 0.675. The maximum absolute atomic E-state index is 5.56. The van der Waals surface area contributed by atoms with Gasteiger partial charge in [0.15, 0.2) is 0 Å². The van der Waals surface area contributed by atoms with E-state index < -0.39 is 7.55 Å². The predicted molar refractivity (Wildman–Crippen MR) is 86.0 cm³/mol. The molecule has 0 fully saturated rings. The standard InChI is InChI=1S/C15H25N2OP/c1-6-8-13(11-12(2)3)9-7-10-14-16-17-15(18-14)19(4)5/h7-9,12,19H,4,6,10-11H2,1-3,5H3/b9-7-,13-8+. The van der Waals surface area contributed by atoms with E-state index in [9.17, 15) is 0 Å². The Kier molecular flexibility index (Phi) is 6.86. The lowest BCUT2D eigenvalue weighted by atomic mass is 10.0. The third-order valence-corrected chi connectivity index (χ3v) is 3.50. The van der Waals surface area contributed by atoms with E-state index in [2.05, 4.69) is 55.5 Å². The first-order valence-corrected chi connectivity index (χ1v) is 9.07. The van der Waals surface area contributed by atoms with Crippen LogP contribution >= 0.6 is 7.55 Å². The fourth-order valence-corrected chi connectivity index (χ4v) is 2.29. The zero-order valence-corrected chi connectivity index (χ0v) is 13.4. The molecule has 1 rings (SSSR count). The van der Waals surface area contributed by atoms with Gasteiger partial charge in [0.25, 0.3) is 0 Å². The van der Waals surface area contributed by atoms with Crippen LogP contribution < -0.4 is 5.63 Å². The molecule has 1 heterocycles. The SMILES string of the molecule is C=[PH](C)c1nnc(C/C=C\C(=C/CC)CC(C)C)o1. The molecule has 0 radical (unpaired) electrons. The highest BCUT2D eigenvalue weighted by Crippen LogP contribution is 2.14. The molecule has 1 unspecified atom stereocenters. The van der Waals surface area contributed by atoms with Crippen molar-refractivity contribution in [3.8, 4) is 0 Å². The van der Waals surface area contributed by atoms with E-state index in [0.717, 1.165) is 12.8 Å². The lowest BCUT2D eigenvalue weighted by molar-refractivity contribution is 0.537. The average molecular weight is 280 g/mol. The second-order valence-corrected chi connectivity index (χ2v) is 7.16. The highest BCUT2D eigenvalue weighted by molar-refractivity contribution is 7.62. The number of nitrogens with zero attached hydrogens (tertiary/aromatic N) is 2. The molecule has 0 aliphatic carbocycles. The van der Waals surface area contributed by atoms with Crippen molar-refractivity contribution in [2.45, 2.75) is 40.0 Å². The van der Waals surface area contributed by atoms with Crippen LogP contribution in [0.4, 0.5) is 0 Å². The monoisotopic (exact) mass is 280 g/mol. The van der Waals surface area contributed by atoms with E-state index in [1.807, 2.05) is 6.66 Å². The predicted octanol–water partition coefficient (Wildman–Crippen LogP) is 3.45. The molecule has 0 spiro atoms. The summed E-state index contributed by atoms with van der Waals surface area (Å²) in [6.45, 7) is 8.68. The third kappa shape index (κ3) is 6.07. The first-order chi connectivity index (χ1) is 9.02. The normalized spacial score (nSPS) is 14.5. The maximum Gasteiger partial charge on any atom is 0.233 e. The summed E-state index contributed by atoms with van der Waals surface area (Å²) in [5.74, 6) is 1.36. The lowest BCUT2D eigenvalue weighted by Gasteiger charge is -2.05. The molecule has 0 amide bonds. The summed E-state index contributed by atoms with van der Waals surface area (Å²) in [7, 11) is -0.882. The van der Waals surface area contributed by atoms with Gasteiger partial charge in [-0.2, -0.15) is 0 Å². The molecule has 0 saturated heterocycles. The summed E-state index contributed by atoms with van der Waals surface area (Å²) < 4.78 is 5.56. The van der Waals surface area contributed by atoms with Crippen LogP contribution in [0, 0.1) is 5.92 Å². The van der Waals surface area contributed by atoms with Gasteiger partial charge in [-0.15, -0.1) is 10.2 Å². The second kappa shape index (κ2) is 8.16. The van der Waals surface area contributed by atoms with E-state index in [1.165, 1.54) is 5.57 Å². The van der Waals surface area contributed by atoms with E-state index in [4.69, 9.17) is 4.42 Å². The van der Waals surface area contributed by atoms with Crippen molar-refractivity contribution in [3.05, 3.63) is 29.7 Å². The van der Waals surface area contributed by atoms with Crippen LogP contribution in [0.5, 0.6) is 0 Å². The number of hydrogen-bond acceptors (Lipinski definition) is 3. The van der Waals surface area contributed by atoms with Crippen molar-refractivity contribution in [1.82, 2.24) is 10.2 Å². The Hall–Kier alpha value is -1.08. The highest BCUT2D eigenvalue weighted by atomic mass is 31.1. The molecule has 0 aromatic carbocycles. The number of hydrogen-bond donors (Lipinski definition) is 0. The highest BCUT2D eigenvalue weighted by Gasteiger charge is 2.03. The molecule has 19 heavy (non-hydrogen) atoms. The van der Waals surface area contributed by atoms with Crippen LogP contribution in [0.25, 0.3) is 0 Å². The summed E-state index contributed by atoms with van der Waals surface area (Å²) in [5.41, 5.74) is 2.09. The molecule has 1 atom stereocenters. The lowest BCUT2D eigenvalue weighted by Crippen LogP contribution is -1.94. The van der Waals surface area contributed by atoms with Crippen LogP contribution in [-0.4, -0.2) is 23.2 Å². The molecule has 3 nitrogen and oxygen atoms in total. The zero-order valence-electron chi connectivity index (χ0n) is 12.4. The van der Waals surface area contributed by atoms with Gasteiger partial charge in [0.2, 0.25) is 11.5 Å². The quantitative estimate of drug-likeness (QED) is 0.567.